The number of amides is 1. The highest BCUT2D eigenvalue weighted by Crippen LogP contribution is 2.27. The predicted octanol–water partition coefficient (Wildman–Crippen LogP) is 2.29. The summed E-state index contributed by atoms with van der Waals surface area (Å²) < 4.78 is 1.37. The van der Waals surface area contributed by atoms with Gasteiger partial charge in [0.2, 0.25) is 5.91 Å². The van der Waals surface area contributed by atoms with E-state index in [9.17, 15) is 14.7 Å². The third kappa shape index (κ3) is 2.39. The molecule has 1 aliphatic rings. The quantitative estimate of drug-likeness (QED) is 0.716. The zero-order valence-corrected chi connectivity index (χ0v) is 13.4. The van der Waals surface area contributed by atoms with Crippen LogP contribution >= 0.6 is 0 Å². The Balaban J connectivity index is 2.05. The van der Waals surface area contributed by atoms with Gasteiger partial charge in [-0.1, -0.05) is 36.4 Å². The Morgan fingerprint density at radius 1 is 1.12 bits per heavy atom. The van der Waals surface area contributed by atoms with Crippen LogP contribution in [0.1, 0.15) is 24.4 Å². The summed E-state index contributed by atoms with van der Waals surface area (Å²) in [5, 5.41) is 13.2. The van der Waals surface area contributed by atoms with Crippen molar-refractivity contribution in [2.45, 2.75) is 13.0 Å². The first kappa shape index (κ1) is 15.1. The van der Waals surface area contributed by atoms with Crippen LogP contribution in [0.2, 0.25) is 0 Å². The first-order valence-electron chi connectivity index (χ1n) is 7.88. The van der Waals surface area contributed by atoms with Crippen LogP contribution in [0.3, 0.4) is 0 Å². The Labute approximate surface area is 143 Å². The molecule has 124 valence electrons. The SMILES string of the molecule is CC1C(=O)NC(=Cc2ccccc2)c2nc3c(O)cccc3c(=O)n21. The van der Waals surface area contributed by atoms with Crippen LogP contribution < -0.4 is 10.9 Å². The lowest BCUT2D eigenvalue weighted by Crippen LogP contribution is -2.43. The van der Waals surface area contributed by atoms with E-state index in [1.54, 1.807) is 25.1 Å². The molecule has 2 heterocycles. The van der Waals surface area contributed by atoms with Gasteiger partial charge < -0.3 is 10.4 Å². The van der Waals surface area contributed by atoms with Gasteiger partial charge in [-0.25, -0.2) is 4.98 Å². The van der Waals surface area contributed by atoms with Gasteiger partial charge in [-0.3, -0.25) is 14.2 Å². The van der Waals surface area contributed by atoms with Gasteiger partial charge in [-0.15, -0.1) is 0 Å². The number of rotatable bonds is 1. The maximum absolute atomic E-state index is 12.9. The Hall–Kier alpha value is -3.41. The molecule has 25 heavy (non-hydrogen) atoms. The lowest BCUT2D eigenvalue weighted by Gasteiger charge is -2.26. The van der Waals surface area contributed by atoms with Gasteiger partial charge in [0.15, 0.2) is 5.82 Å². The molecule has 0 fully saturated rings. The van der Waals surface area contributed by atoms with Crippen LogP contribution in [0, 0.1) is 0 Å². The second-order valence-electron chi connectivity index (χ2n) is 5.92. The predicted molar refractivity (Wildman–Crippen MR) is 94.8 cm³/mol. The molecule has 0 spiro atoms. The second kappa shape index (κ2) is 5.59. The highest BCUT2D eigenvalue weighted by molar-refractivity contribution is 5.97. The van der Waals surface area contributed by atoms with E-state index in [0.29, 0.717) is 11.5 Å². The average Bonchev–Trinajstić information content (AvgIpc) is 2.61. The summed E-state index contributed by atoms with van der Waals surface area (Å²) >= 11 is 0. The molecule has 2 N–H and O–H groups in total. The third-order valence-corrected chi connectivity index (χ3v) is 4.29. The van der Waals surface area contributed by atoms with Crippen molar-refractivity contribution in [2.24, 2.45) is 0 Å². The number of aromatic hydroxyl groups is 1. The van der Waals surface area contributed by atoms with E-state index in [0.717, 1.165) is 5.56 Å². The molecule has 1 aromatic heterocycles. The summed E-state index contributed by atoms with van der Waals surface area (Å²) in [5.74, 6) is -0.0188. The smallest absolute Gasteiger partial charge is 0.262 e. The van der Waals surface area contributed by atoms with E-state index in [-0.39, 0.29) is 28.1 Å². The molecular weight excluding hydrogens is 318 g/mol. The van der Waals surface area contributed by atoms with E-state index < -0.39 is 6.04 Å². The number of nitrogens with zero attached hydrogens (tertiary/aromatic N) is 2. The van der Waals surface area contributed by atoms with Crippen LogP contribution in [-0.2, 0) is 4.79 Å². The first-order valence-corrected chi connectivity index (χ1v) is 7.88. The van der Waals surface area contributed by atoms with Gasteiger partial charge in [0.05, 0.1) is 11.1 Å². The van der Waals surface area contributed by atoms with Crippen molar-refractivity contribution in [1.82, 2.24) is 14.9 Å². The molecule has 0 radical (unpaired) electrons. The number of phenolic OH excluding ortho intramolecular Hbond substituents is 1. The fourth-order valence-electron chi connectivity index (χ4n) is 2.98. The van der Waals surface area contributed by atoms with E-state index in [1.807, 2.05) is 30.3 Å². The number of hydrogen-bond donors (Lipinski definition) is 2. The van der Waals surface area contributed by atoms with Gasteiger partial charge in [0.25, 0.3) is 5.56 Å². The number of carbonyl (C=O) groups is 1. The van der Waals surface area contributed by atoms with E-state index in [1.165, 1.54) is 10.6 Å². The summed E-state index contributed by atoms with van der Waals surface area (Å²) in [6, 6.07) is 13.4. The molecule has 4 rings (SSSR count). The van der Waals surface area contributed by atoms with Crippen LogP contribution in [-0.4, -0.2) is 20.6 Å². The van der Waals surface area contributed by atoms with Crippen LogP contribution in [0.5, 0.6) is 5.75 Å². The van der Waals surface area contributed by atoms with Crippen molar-refractivity contribution in [3.63, 3.8) is 0 Å². The average molecular weight is 333 g/mol. The number of aromatic nitrogens is 2. The number of fused-ring (bicyclic) bond motifs is 2. The molecule has 3 aromatic rings. The number of hydrogen-bond acceptors (Lipinski definition) is 4. The van der Waals surface area contributed by atoms with Gasteiger partial charge >= 0.3 is 0 Å². The molecule has 1 unspecified atom stereocenters. The zero-order valence-electron chi connectivity index (χ0n) is 13.4. The lowest BCUT2D eigenvalue weighted by molar-refractivity contribution is -0.123. The summed E-state index contributed by atoms with van der Waals surface area (Å²) in [5.41, 5.74) is 1.17. The number of carbonyl (C=O) groups excluding carboxylic acids is 1. The molecule has 6 heteroatoms. The standard InChI is InChI=1S/C19H15N3O3/c1-11-18(24)20-14(10-12-6-3-2-4-7-12)17-21-16-13(19(25)22(11)17)8-5-9-15(16)23/h2-11,23H,1H3,(H,20,24). The molecule has 0 saturated heterocycles. The lowest BCUT2D eigenvalue weighted by atomic mass is 10.1. The Kier molecular flexibility index (Phi) is 3.39. The molecular formula is C19H15N3O3. The van der Waals surface area contributed by atoms with Gasteiger partial charge in [0, 0.05) is 0 Å². The number of phenols is 1. The monoisotopic (exact) mass is 333 g/mol. The Bertz CT molecular complexity index is 1080. The number of benzene rings is 2. The summed E-state index contributed by atoms with van der Waals surface area (Å²) in [4.78, 5) is 29.7. The van der Waals surface area contributed by atoms with Crippen molar-refractivity contribution in [2.75, 3.05) is 0 Å². The minimum atomic E-state index is -0.685. The maximum Gasteiger partial charge on any atom is 0.262 e. The highest BCUT2D eigenvalue weighted by Gasteiger charge is 2.30. The first-order chi connectivity index (χ1) is 12.1. The summed E-state index contributed by atoms with van der Waals surface area (Å²) in [7, 11) is 0. The minimum Gasteiger partial charge on any atom is -0.506 e. The molecule has 2 aromatic carbocycles. The normalized spacial score (nSPS) is 18.2. The third-order valence-electron chi connectivity index (χ3n) is 4.29. The second-order valence-corrected chi connectivity index (χ2v) is 5.92. The number of nitrogens with one attached hydrogen (secondary N) is 1. The molecule has 1 amide bonds. The zero-order chi connectivity index (χ0) is 17.6. The van der Waals surface area contributed by atoms with Gasteiger partial charge in [-0.05, 0) is 30.7 Å². The van der Waals surface area contributed by atoms with E-state index >= 15 is 0 Å². The highest BCUT2D eigenvalue weighted by atomic mass is 16.3. The van der Waals surface area contributed by atoms with Crippen molar-refractivity contribution >= 4 is 28.6 Å². The molecule has 0 aliphatic carbocycles. The topological polar surface area (TPSA) is 84.2 Å². The molecule has 0 bridgehead atoms. The van der Waals surface area contributed by atoms with E-state index in [2.05, 4.69) is 10.3 Å². The van der Waals surface area contributed by atoms with Crippen LogP contribution in [0.4, 0.5) is 0 Å². The maximum atomic E-state index is 12.9. The number of para-hydroxylation sites is 1. The summed E-state index contributed by atoms with van der Waals surface area (Å²) in [6.07, 6.45) is 1.76. The van der Waals surface area contributed by atoms with Gasteiger partial charge in [0.1, 0.15) is 17.3 Å². The fraction of sp³-hybridized carbons (Fsp3) is 0.105. The van der Waals surface area contributed by atoms with Crippen LogP contribution in [0.15, 0.2) is 53.3 Å². The fourth-order valence-corrected chi connectivity index (χ4v) is 2.98. The molecule has 6 nitrogen and oxygen atoms in total. The van der Waals surface area contributed by atoms with Crippen molar-refractivity contribution in [1.29, 1.82) is 0 Å². The molecule has 1 atom stereocenters. The molecule has 0 saturated carbocycles. The van der Waals surface area contributed by atoms with Crippen LogP contribution in [0.25, 0.3) is 22.7 Å². The molecule has 1 aliphatic heterocycles. The minimum absolute atomic E-state index is 0.0679. The Morgan fingerprint density at radius 3 is 2.64 bits per heavy atom. The summed E-state index contributed by atoms with van der Waals surface area (Å²) in [6.45, 7) is 1.65. The van der Waals surface area contributed by atoms with Crippen molar-refractivity contribution < 1.29 is 9.90 Å². The largest absolute Gasteiger partial charge is 0.506 e. The Morgan fingerprint density at radius 2 is 1.88 bits per heavy atom. The van der Waals surface area contributed by atoms with Crippen molar-refractivity contribution in [3.8, 4) is 5.75 Å². The van der Waals surface area contributed by atoms with Gasteiger partial charge in [-0.2, -0.15) is 0 Å². The van der Waals surface area contributed by atoms with E-state index in [4.69, 9.17) is 0 Å². The van der Waals surface area contributed by atoms with Crippen molar-refractivity contribution in [3.05, 3.63) is 70.3 Å².